The number of nitrogens with one attached hydrogen (secondary N) is 4. The van der Waals surface area contributed by atoms with Crippen LogP contribution >= 0.6 is 0 Å². The van der Waals surface area contributed by atoms with E-state index in [2.05, 4.69) is 21.3 Å². The van der Waals surface area contributed by atoms with Crippen LogP contribution in [0.3, 0.4) is 0 Å². The van der Waals surface area contributed by atoms with E-state index in [4.69, 9.17) is 0 Å². The first-order valence-corrected chi connectivity index (χ1v) is 10.6. The summed E-state index contributed by atoms with van der Waals surface area (Å²) in [6.45, 7) is 14.9. The number of carbonyl (C=O) groups is 4. The van der Waals surface area contributed by atoms with Crippen molar-refractivity contribution in [1.29, 1.82) is 0 Å². The first-order chi connectivity index (χ1) is 13.3. The van der Waals surface area contributed by atoms with Gasteiger partial charge < -0.3 is 21.3 Å². The van der Waals surface area contributed by atoms with Crippen LogP contribution in [-0.2, 0) is 19.2 Å². The summed E-state index contributed by atoms with van der Waals surface area (Å²) in [4.78, 5) is 51.6. The van der Waals surface area contributed by atoms with Gasteiger partial charge in [-0.2, -0.15) is 0 Å². The van der Waals surface area contributed by atoms with E-state index in [1.807, 2.05) is 55.4 Å². The average molecular weight is 411 g/mol. The summed E-state index contributed by atoms with van der Waals surface area (Å²) >= 11 is 0. The molecule has 4 atom stereocenters. The third-order valence-electron chi connectivity index (χ3n) is 5.08. The van der Waals surface area contributed by atoms with Gasteiger partial charge in [0.2, 0.25) is 23.6 Å². The van der Waals surface area contributed by atoms with Crippen LogP contribution in [0.15, 0.2) is 0 Å². The summed E-state index contributed by atoms with van der Waals surface area (Å²) in [7, 11) is 0. The number of carbonyl (C=O) groups excluding carboxylic acids is 4. The van der Waals surface area contributed by atoms with Crippen LogP contribution < -0.4 is 21.3 Å². The maximum atomic E-state index is 12.9. The molecule has 8 nitrogen and oxygen atoms in total. The second-order valence-corrected chi connectivity index (χ2v) is 9.38. The molecule has 0 aromatic carbocycles. The average Bonchev–Trinajstić information content (AvgIpc) is 2.58. The van der Waals surface area contributed by atoms with Crippen LogP contribution in [0.1, 0.15) is 61.8 Å². The summed E-state index contributed by atoms with van der Waals surface area (Å²) < 4.78 is 0. The fourth-order valence-electron chi connectivity index (χ4n) is 3.31. The Kier molecular flexibility index (Phi) is 9.11. The SMILES string of the molecule is CC(C)C[C@@H]1NC(=O)[C@@H](C(C)C)NC(=O)[C@H](C(C)C)NC(=O)[C@@H](C(C)C)NC1=O. The molecular weight excluding hydrogens is 372 g/mol. The molecule has 0 bridgehead atoms. The van der Waals surface area contributed by atoms with Crippen molar-refractivity contribution in [3.63, 3.8) is 0 Å². The van der Waals surface area contributed by atoms with E-state index in [-0.39, 0.29) is 23.7 Å². The molecule has 0 spiro atoms. The summed E-state index contributed by atoms with van der Waals surface area (Å²) in [5.41, 5.74) is 0. The molecular formula is C21H38N4O4. The van der Waals surface area contributed by atoms with E-state index in [1.165, 1.54) is 0 Å². The van der Waals surface area contributed by atoms with Gasteiger partial charge in [-0.05, 0) is 30.1 Å². The normalized spacial score (nSPS) is 27.3. The topological polar surface area (TPSA) is 116 Å². The van der Waals surface area contributed by atoms with Gasteiger partial charge in [-0.15, -0.1) is 0 Å². The molecule has 0 radical (unpaired) electrons. The molecule has 1 aliphatic rings. The second kappa shape index (κ2) is 10.6. The molecule has 1 heterocycles. The molecule has 0 aliphatic carbocycles. The molecule has 0 saturated carbocycles. The lowest BCUT2D eigenvalue weighted by atomic mass is 9.95. The summed E-state index contributed by atoms with van der Waals surface area (Å²) in [5.74, 6) is -2.00. The number of rotatable bonds is 5. The van der Waals surface area contributed by atoms with Crippen molar-refractivity contribution in [2.45, 2.75) is 86.0 Å². The molecule has 0 aromatic heterocycles. The Morgan fingerprint density at radius 3 is 1.17 bits per heavy atom. The Labute approximate surface area is 174 Å². The molecule has 166 valence electrons. The van der Waals surface area contributed by atoms with Crippen LogP contribution in [0.25, 0.3) is 0 Å². The predicted molar refractivity (Wildman–Crippen MR) is 112 cm³/mol. The first kappa shape index (κ1) is 24.9. The Morgan fingerprint density at radius 2 is 0.862 bits per heavy atom. The molecule has 4 amide bonds. The quantitative estimate of drug-likeness (QED) is 0.540. The van der Waals surface area contributed by atoms with Crippen molar-refractivity contribution >= 4 is 23.6 Å². The first-order valence-electron chi connectivity index (χ1n) is 10.6. The molecule has 0 unspecified atom stereocenters. The van der Waals surface area contributed by atoms with E-state index in [0.29, 0.717) is 6.42 Å². The third kappa shape index (κ3) is 7.01. The Hall–Kier alpha value is -2.12. The lowest BCUT2D eigenvalue weighted by Crippen LogP contribution is -2.64. The zero-order valence-corrected chi connectivity index (χ0v) is 19.0. The minimum absolute atomic E-state index is 0.155. The van der Waals surface area contributed by atoms with Gasteiger partial charge in [0.05, 0.1) is 0 Å². The Bertz CT molecular complexity index is 610. The van der Waals surface area contributed by atoms with Crippen LogP contribution in [0, 0.1) is 23.7 Å². The number of hydrogen-bond acceptors (Lipinski definition) is 4. The van der Waals surface area contributed by atoms with Gasteiger partial charge in [-0.3, -0.25) is 19.2 Å². The second-order valence-electron chi connectivity index (χ2n) is 9.38. The van der Waals surface area contributed by atoms with Gasteiger partial charge in [0.25, 0.3) is 0 Å². The third-order valence-corrected chi connectivity index (χ3v) is 5.08. The van der Waals surface area contributed by atoms with Crippen molar-refractivity contribution in [1.82, 2.24) is 21.3 Å². The molecule has 8 heteroatoms. The molecule has 1 rings (SSSR count). The number of hydrogen-bond donors (Lipinski definition) is 4. The highest BCUT2D eigenvalue weighted by atomic mass is 16.2. The molecule has 1 aliphatic heterocycles. The van der Waals surface area contributed by atoms with Crippen LogP contribution in [0.5, 0.6) is 0 Å². The largest absolute Gasteiger partial charge is 0.343 e. The summed E-state index contributed by atoms with van der Waals surface area (Å²) in [6.07, 6.45) is 0.428. The van der Waals surface area contributed by atoms with Gasteiger partial charge in [0.1, 0.15) is 24.2 Å². The fourth-order valence-corrected chi connectivity index (χ4v) is 3.31. The van der Waals surface area contributed by atoms with E-state index < -0.39 is 47.8 Å². The van der Waals surface area contributed by atoms with Gasteiger partial charge >= 0.3 is 0 Å². The van der Waals surface area contributed by atoms with Crippen LogP contribution in [0.2, 0.25) is 0 Å². The molecule has 4 N–H and O–H groups in total. The van der Waals surface area contributed by atoms with Crippen molar-refractivity contribution in [2.75, 3.05) is 0 Å². The highest BCUT2D eigenvalue weighted by Gasteiger charge is 2.36. The van der Waals surface area contributed by atoms with E-state index in [0.717, 1.165) is 0 Å². The molecule has 1 saturated heterocycles. The van der Waals surface area contributed by atoms with E-state index in [9.17, 15) is 19.2 Å². The fraction of sp³-hybridized carbons (Fsp3) is 0.810. The Morgan fingerprint density at radius 1 is 0.552 bits per heavy atom. The molecule has 0 aromatic rings. The van der Waals surface area contributed by atoms with Crippen molar-refractivity contribution in [3.05, 3.63) is 0 Å². The standard InChI is InChI=1S/C21H38N4O4/c1-10(2)9-14-18(26)23-16(12(5)6)20(28)25-17(13(7)8)21(29)24-15(11(3)4)19(27)22-14/h10-17H,9H2,1-8H3,(H,22,27)(H,23,26)(H,24,29)(H,25,28)/t14-,15+,16+,17-/m0/s1. The monoisotopic (exact) mass is 410 g/mol. The van der Waals surface area contributed by atoms with Gasteiger partial charge in [-0.1, -0.05) is 55.4 Å². The number of amides is 4. The lowest BCUT2D eigenvalue weighted by molar-refractivity contribution is -0.138. The van der Waals surface area contributed by atoms with Gasteiger partial charge in [-0.25, -0.2) is 0 Å². The molecule has 1 fully saturated rings. The Balaban J connectivity index is 3.35. The van der Waals surface area contributed by atoms with Gasteiger partial charge in [0, 0.05) is 0 Å². The maximum Gasteiger partial charge on any atom is 0.243 e. The van der Waals surface area contributed by atoms with E-state index >= 15 is 0 Å². The highest BCUT2D eigenvalue weighted by molar-refractivity contribution is 5.97. The minimum Gasteiger partial charge on any atom is -0.343 e. The van der Waals surface area contributed by atoms with Crippen LogP contribution in [-0.4, -0.2) is 47.8 Å². The zero-order chi connectivity index (χ0) is 22.5. The maximum absolute atomic E-state index is 12.9. The van der Waals surface area contributed by atoms with Crippen LogP contribution in [0.4, 0.5) is 0 Å². The summed E-state index contributed by atoms with van der Waals surface area (Å²) in [6, 6.07) is -3.19. The molecule has 29 heavy (non-hydrogen) atoms. The van der Waals surface area contributed by atoms with E-state index in [1.54, 1.807) is 0 Å². The smallest absolute Gasteiger partial charge is 0.243 e. The van der Waals surface area contributed by atoms with Crippen molar-refractivity contribution in [2.24, 2.45) is 23.7 Å². The van der Waals surface area contributed by atoms with Crippen molar-refractivity contribution in [3.8, 4) is 0 Å². The highest BCUT2D eigenvalue weighted by Crippen LogP contribution is 2.13. The predicted octanol–water partition coefficient (Wildman–Crippen LogP) is 0.953. The minimum atomic E-state index is -0.805. The zero-order valence-electron chi connectivity index (χ0n) is 19.0. The lowest BCUT2D eigenvalue weighted by Gasteiger charge is -2.32. The summed E-state index contributed by atoms with van der Waals surface area (Å²) in [5, 5.41) is 11.1. The van der Waals surface area contributed by atoms with Crippen molar-refractivity contribution < 1.29 is 19.2 Å². The van der Waals surface area contributed by atoms with Gasteiger partial charge in [0.15, 0.2) is 0 Å².